The summed E-state index contributed by atoms with van der Waals surface area (Å²) in [5.74, 6) is -1.13. The number of ether oxygens (including phenoxy) is 1. The second-order valence-corrected chi connectivity index (χ2v) is 4.73. The summed E-state index contributed by atoms with van der Waals surface area (Å²) in [4.78, 5) is 32.7. The monoisotopic (exact) mass is 284 g/mol. The van der Waals surface area contributed by atoms with E-state index in [1.807, 2.05) is 0 Å². The minimum Gasteiger partial charge on any atom is -0.458 e. The Labute approximate surface area is 105 Å². The number of hydrogen-bond donors (Lipinski definition) is 2. The van der Waals surface area contributed by atoms with Gasteiger partial charge in [-0.05, 0) is 20.8 Å². The molecule has 0 bridgehead atoms. The van der Waals surface area contributed by atoms with Gasteiger partial charge in [-0.25, -0.2) is 0 Å². The van der Waals surface area contributed by atoms with Crippen molar-refractivity contribution in [2.45, 2.75) is 27.7 Å². The van der Waals surface area contributed by atoms with E-state index >= 15 is 0 Å². The van der Waals surface area contributed by atoms with Gasteiger partial charge < -0.3 is 4.74 Å². The first-order valence-electron chi connectivity index (χ1n) is 4.66. The Hall–Kier alpha value is -1.32. The highest BCUT2D eigenvalue weighted by atomic mass is 32.3. The molecular weight excluding hydrogens is 268 g/mol. The highest BCUT2D eigenvalue weighted by Crippen LogP contribution is 2.17. The van der Waals surface area contributed by atoms with Gasteiger partial charge in [-0.3, -0.25) is 23.5 Å². The van der Waals surface area contributed by atoms with E-state index in [4.69, 9.17) is 17.5 Å². The maximum Gasteiger partial charge on any atom is 0.394 e. The van der Waals surface area contributed by atoms with Gasteiger partial charge in [-0.1, -0.05) is 0 Å². The number of rotatable bonds is 4. The van der Waals surface area contributed by atoms with Crippen LogP contribution in [0.15, 0.2) is 0 Å². The molecule has 0 aromatic heterocycles. The van der Waals surface area contributed by atoms with Crippen LogP contribution in [0.4, 0.5) is 0 Å². The standard InChI is InChI=1S/C9H14O4.H2O4S/c1-6(10)9(3,4)8(12)5-13-7(2)11;1-5(2,3)4/h5H2,1-4H3;(H2,1,2,3,4). The average Bonchev–Trinajstić information content (AvgIpc) is 2.10. The van der Waals surface area contributed by atoms with E-state index in [1.54, 1.807) is 0 Å². The number of ketones is 2. The van der Waals surface area contributed by atoms with Gasteiger partial charge in [0.25, 0.3) is 0 Å². The second-order valence-electron chi connectivity index (χ2n) is 3.83. The van der Waals surface area contributed by atoms with E-state index in [9.17, 15) is 14.4 Å². The SMILES string of the molecule is CC(=O)OCC(=O)C(C)(C)C(C)=O.O=S(=O)(O)O. The molecule has 0 aliphatic heterocycles. The van der Waals surface area contributed by atoms with Crippen molar-refractivity contribution in [1.82, 2.24) is 0 Å². The zero-order valence-corrected chi connectivity index (χ0v) is 11.3. The quantitative estimate of drug-likeness (QED) is 0.421. The minimum absolute atomic E-state index is 0.232. The van der Waals surface area contributed by atoms with Gasteiger partial charge in [0.1, 0.15) is 5.78 Å². The first-order valence-corrected chi connectivity index (χ1v) is 6.05. The summed E-state index contributed by atoms with van der Waals surface area (Å²) in [6.45, 7) is 5.25. The van der Waals surface area contributed by atoms with Crippen LogP contribution in [0.25, 0.3) is 0 Å². The van der Waals surface area contributed by atoms with Crippen molar-refractivity contribution in [1.29, 1.82) is 0 Å². The largest absolute Gasteiger partial charge is 0.458 e. The summed E-state index contributed by atoms with van der Waals surface area (Å²) in [5.41, 5.74) is -1.06. The Bertz CT molecular complexity index is 412. The van der Waals surface area contributed by atoms with E-state index < -0.39 is 21.8 Å². The molecule has 0 amide bonds. The molecule has 0 aliphatic carbocycles. The van der Waals surface area contributed by atoms with Crippen molar-refractivity contribution >= 4 is 27.9 Å². The minimum atomic E-state index is -4.67. The highest BCUT2D eigenvalue weighted by Gasteiger charge is 2.32. The van der Waals surface area contributed by atoms with Crippen LogP contribution in [0.2, 0.25) is 0 Å². The topological polar surface area (TPSA) is 135 Å². The molecule has 0 unspecified atom stereocenters. The van der Waals surface area contributed by atoms with E-state index in [0.717, 1.165) is 0 Å². The first kappa shape index (κ1) is 19.0. The van der Waals surface area contributed by atoms with Gasteiger partial charge in [-0.15, -0.1) is 0 Å². The predicted octanol–water partition coefficient (Wildman–Crippen LogP) is 0.0810. The molecule has 0 atom stereocenters. The van der Waals surface area contributed by atoms with Crippen LogP contribution in [-0.4, -0.2) is 41.7 Å². The lowest BCUT2D eigenvalue weighted by molar-refractivity contribution is -0.150. The van der Waals surface area contributed by atoms with Crippen LogP contribution in [0.1, 0.15) is 27.7 Å². The Morgan fingerprint density at radius 1 is 1.11 bits per heavy atom. The van der Waals surface area contributed by atoms with Crippen LogP contribution < -0.4 is 0 Å². The van der Waals surface area contributed by atoms with Crippen LogP contribution in [0.5, 0.6) is 0 Å². The normalized spacial score (nSPS) is 11.0. The summed E-state index contributed by atoms with van der Waals surface area (Å²) in [5, 5.41) is 0. The van der Waals surface area contributed by atoms with E-state index in [-0.39, 0.29) is 18.2 Å². The lowest BCUT2D eigenvalue weighted by Gasteiger charge is -2.18. The van der Waals surface area contributed by atoms with Crippen molar-refractivity contribution in [3.8, 4) is 0 Å². The van der Waals surface area contributed by atoms with Gasteiger partial charge in [0.15, 0.2) is 12.4 Å². The van der Waals surface area contributed by atoms with E-state index in [2.05, 4.69) is 4.74 Å². The molecule has 0 radical (unpaired) electrons. The van der Waals surface area contributed by atoms with Gasteiger partial charge >= 0.3 is 16.4 Å². The third-order valence-electron chi connectivity index (χ3n) is 1.98. The van der Waals surface area contributed by atoms with Gasteiger partial charge in [0.05, 0.1) is 5.41 Å². The molecule has 0 heterocycles. The number of carbonyl (C=O) groups excluding carboxylic acids is 3. The molecule has 0 spiro atoms. The molecule has 9 heteroatoms. The van der Waals surface area contributed by atoms with Crippen LogP contribution in [0.3, 0.4) is 0 Å². The summed E-state index contributed by atoms with van der Waals surface area (Å²) < 4.78 is 36.1. The molecular formula is C9H16O8S. The fourth-order valence-corrected chi connectivity index (χ4v) is 0.544. The van der Waals surface area contributed by atoms with Crippen molar-refractivity contribution in [3.63, 3.8) is 0 Å². The third kappa shape index (κ3) is 11.2. The third-order valence-corrected chi connectivity index (χ3v) is 1.98. The van der Waals surface area contributed by atoms with Gasteiger partial charge in [-0.2, -0.15) is 8.42 Å². The average molecular weight is 284 g/mol. The first-order chi connectivity index (χ1) is 7.78. The molecule has 18 heavy (non-hydrogen) atoms. The predicted molar refractivity (Wildman–Crippen MR) is 60.3 cm³/mol. The van der Waals surface area contributed by atoms with Crippen LogP contribution in [-0.2, 0) is 29.5 Å². The molecule has 2 N–H and O–H groups in total. The molecule has 0 saturated heterocycles. The smallest absolute Gasteiger partial charge is 0.394 e. The number of carbonyl (C=O) groups is 3. The lowest BCUT2D eigenvalue weighted by atomic mass is 9.84. The van der Waals surface area contributed by atoms with Gasteiger partial charge in [0, 0.05) is 6.92 Å². The molecule has 0 aromatic carbocycles. The van der Waals surface area contributed by atoms with Crippen LogP contribution >= 0.6 is 0 Å². The summed E-state index contributed by atoms with van der Waals surface area (Å²) in [7, 11) is -4.67. The number of esters is 1. The Balaban J connectivity index is 0. The number of hydrogen-bond acceptors (Lipinski definition) is 6. The van der Waals surface area contributed by atoms with Crippen molar-refractivity contribution in [2.75, 3.05) is 6.61 Å². The van der Waals surface area contributed by atoms with E-state index in [1.165, 1.54) is 27.7 Å². The summed E-state index contributed by atoms with van der Waals surface area (Å²) in [6, 6.07) is 0. The Kier molecular flexibility index (Phi) is 7.60. The van der Waals surface area contributed by atoms with E-state index in [0.29, 0.717) is 0 Å². The molecule has 0 aromatic rings. The molecule has 8 nitrogen and oxygen atoms in total. The van der Waals surface area contributed by atoms with Gasteiger partial charge in [0.2, 0.25) is 0 Å². The zero-order valence-electron chi connectivity index (χ0n) is 10.5. The van der Waals surface area contributed by atoms with Crippen LogP contribution in [0, 0.1) is 5.41 Å². The highest BCUT2D eigenvalue weighted by molar-refractivity contribution is 7.79. The van der Waals surface area contributed by atoms with Crippen molar-refractivity contribution in [3.05, 3.63) is 0 Å². The van der Waals surface area contributed by atoms with Crippen molar-refractivity contribution < 1.29 is 36.6 Å². The fraction of sp³-hybridized carbons (Fsp3) is 0.667. The summed E-state index contributed by atoms with van der Waals surface area (Å²) in [6.07, 6.45) is 0. The Morgan fingerprint density at radius 2 is 1.44 bits per heavy atom. The lowest BCUT2D eigenvalue weighted by Crippen LogP contribution is -2.35. The van der Waals surface area contributed by atoms with Crippen molar-refractivity contribution in [2.24, 2.45) is 5.41 Å². The fourth-order valence-electron chi connectivity index (χ4n) is 0.544. The molecule has 0 saturated carbocycles. The second kappa shape index (κ2) is 7.19. The number of Topliss-reactive ketones (excluding diaryl/α,β-unsaturated/α-hetero) is 2. The zero-order chi connectivity index (χ0) is 15.1. The maximum atomic E-state index is 11.3. The molecule has 0 rings (SSSR count). The Morgan fingerprint density at radius 3 is 1.67 bits per heavy atom. The molecule has 0 aliphatic rings. The molecule has 0 fully saturated rings. The summed E-state index contributed by atoms with van der Waals surface area (Å²) >= 11 is 0. The maximum absolute atomic E-state index is 11.3. The molecule has 106 valence electrons.